The van der Waals surface area contributed by atoms with Crippen molar-refractivity contribution in [3.05, 3.63) is 35.7 Å². The van der Waals surface area contributed by atoms with Gasteiger partial charge in [-0.25, -0.2) is 14.4 Å². The second-order valence-corrected chi connectivity index (χ2v) is 22.3. The Morgan fingerprint density at radius 3 is 0.978 bits per heavy atom. The van der Waals surface area contributed by atoms with Gasteiger partial charge in [0.25, 0.3) is 17.4 Å². The molecule has 512 valence electrons. The SMILES string of the molecule is CC(=O)N[C@H]1[C@H]([C@H](O)[C@H](O)CO)O[C@@](OCCCn2cc(CN(Cc3cn(CCCO[C@]4(C(=O)O)C[C@H](O)[C@@H](NC(C)=O)[C@H]([C@H](O)[C@H](O)CO)O4)nn3)Cc3cn(CCCO[C@]4(C(=O)O)C[C@H](O)[C@@H](NC(C)=O)[C@H]([C@H](O)[C@H](O)CO)O4)nn3)nn2)(C(=O)O)C[C@@H]1O. The van der Waals surface area contributed by atoms with Gasteiger partial charge in [0.15, 0.2) is 0 Å². The second kappa shape index (κ2) is 32.9. The first-order chi connectivity index (χ1) is 43.0. The molecule has 18 N–H and O–H groups in total. The summed E-state index contributed by atoms with van der Waals surface area (Å²) in [6.45, 7) is -0.225. The number of aliphatic carboxylic acids is 3. The first-order valence-electron chi connectivity index (χ1n) is 28.8. The van der Waals surface area contributed by atoms with E-state index in [1.165, 1.54) is 14.0 Å². The summed E-state index contributed by atoms with van der Waals surface area (Å²) in [5.74, 6) is -14.8. The van der Waals surface area contributed by atoms with E-state index in [1.54, 1.807) is 18.6 Å². The Kier molecular flexibility index (Phi) is 26.5. The highest BCUT2D eigenvalue weighted by atomic mass is 16.7. The largest absolute Gasteiger partial charge is 0.477 e. The number of aryl methyl sites for hydroxylation is 3. The summed E-state index contributed by atoms with van der Waals surface area (Å²) in [5.41, 5.74) is 1.16. The van der Waals surface area contributed by atoms with Gasteiger partial charge < -0.3 is 121 Å². The first kappa shape index (κ1) is 73.5. The van der Waals surface area contributed by atoms with E-state index in [0.717, 1.165) is 20.8 Å². The summed E-state index contributed by atoms with van der Waals surface area (Å²) in [5, 5.41) is 187. The van der Waals surface area contributed by atoms with Crippen molar-refractivity contribution in [2.45, 2.75) is 207 Å². The monoisotopic (exact) mass is 1310 g/mol. The normalized spacial score (nSPS) is 28.9. The molecule has 18 atom stereocenters. The molecule has 0 unspecified atom stereocenters. The topological polar surface area (TPSA) is 593 Å². The van der Waals surface area contributed by atoms with Crippen LogP contribution in [-0.4, -0.2) is 310 Å². The van der Waals surface area contributed by atoms with Crippen LogP contribution >= 0.6 is 0 Å². The highest BCUT2D eigenvalue weighted by molar-refractivity contribution is 5.78. The van der Waals surface area contributed by atoms with Crippen LogP contribution in [0.5, 0.6) is 0 Å². The van der Waals surface area contributed by atoms with Crippen molar-refractivity contribution in [3.8, 4) is 0 Å². The number of carbonyl (C=O) groups is 6. The Morgan fingerprint density at radius 2 is 0.758 bits per heavy atom. The molecule has 40 heteroatoms. The minimum absolute atomic E-state index is 0.0541. The second-order valence-electron chi connectivity index (χ2n) is 22.3. The van der Waals surface area contributed by atoms with E-state index in [1.807, 2.05) is 4.90 Å². The van der Waals surface area contributed by atoms with Gasteiger partial charge in [0.1, 0.15) is 54.9 Å². The molecule has 0 aromatic carbocycles. The zero-order chi connectivity index (χ0) is 67.1. The van der Waals surface area contributed by atoms with E-state index in [9.17, 15) is 105 Å². The van der Waals surface area contributed by atoms with Gasteiger partial charge in [-0.2, -0.15) is 0 Å². The number of aliphatic hydroxyl groups is 12. The Bertz CT molecular complexity index is 2580. The van der Waals surface area contributed by atoms with Crippen LogP contribution in [0.2, 0.25) is 0 Å². The summed E-state index contributed by atoms with van der Waals surface area (Å²) in [4.78, 5) is 75.6. The summed E-state index contributed by atoms with van der Waals surface area (Å²) in [7, 11) is 0. The van der Waals surface area contributed by atoms with E-state index in [4.69, 9.17) is 28.4 Å². The number of nitrogens with one attached hydrogen (secondary N) is 3. The Labute approximate surface area is 516 Å². The number of rotatable bonds is 36. The van der Waals surface area contributed by atoms with Gasteiger partial charge in [-0.05, 0) is 19.3 Å². The zero-order valence-corrected chi connectivity index (χ0v) is 49.7. The molecule has 3 amide bonds. The number of ether oxygens (including phenoxy) is 6. The molecule has 0 spiro atoms. The van der Waals surface area contributed by atoms with Gasteiger partial charge >= 0.3 is 17.9 Å². The molecule has 0 saturated carbocycles. The molecule has 91 heavy (non-hydrogen) atoms. The third-order valence-corrected chi connectivity index (χ3v) is 15.1. The van der Waals surface area contributed by atoms with Crippen molar-refractivity contribution >= 4 is 35.6 Å². The Balaban J connectivity index is 1.13. The zero-order valence-electron chi connectivity index (χ0n) is 49.7. The summed E-state index contributed by atoms with van der Waals surface area (Å²) in [6.07, 6.45) is -18.9. The van der Waals surface area contributed by atoms with E-state index < -0.39 is 183 Å². The minimum Gasteiger partial charge on any atom is -0.477 e. The summed E-state index contributed by atoms with van der Waals surface area (Å²) < 4.78 is 38.4. The minimum atomic E-state index is -2.57. The van der Waals surface area contributed by atoms with Crippen LogP contribution < -0.4 is 16.0 Å². The predicted octanol–water partition coefficient (Wildman–Crippen LogP) is -9.67. The molecule has 3 fully saturated rings. The highest BCUT2D eigenvalue weighted by Gasteiger charge is 2.58. The number of hydrogen-bond donors (Lipinski definition) is 18. The molecule has 0 aliphatic carbocycles. The number of hydrogen-bond acceptors (Lipinski definition) is 31. The maximum absolute atomic E-state index is 12.6. The lowest BCUT2D eigenvalue weighted by atomic mass is 9.88. The summed E-state index contributed by atoms with van der Waals surface area (Å²) >= 11 is 0. The van der Waals surface area contributed by atoms with Gasteiger partial charge in [-0.3, -0.25) is 33.3 Å². The van der Waals surface area contributed by atoms with Gasteiger partial charge in [0, 0.05) is 97.9 Å². The van der Waals surface area contributed by atoms with Gasteiger partial charge in [-0.1, -0.05) is 15.6 Å². The number of carboxylic acid groups (broad SMARTS) is 3. The van der Waals surface area contributed by atoms with Crippen LogP contribution in [0.15, 0.2) is 18.6 Å². The van der Waals surface area contributed by atoms with Crippen molar-refractivity contribution in [2.24, 2.45) is 0 Å². The molecular weight excluding hydrogens is 1230 g/mol. The van der Waals surface area contributed by atoms with Gasteiger partial charge in [-0.15, -0.1) is 15.3 Å². The lowest BCUT2D eigenvalue weighted by Gasteiger charge is -2.46. The molecule has 3 aliphatic rings. The van der Waals surface area contributed by atoms with E-state index in [0.29, 0.717) is 17.1 Å². The van der Waals surface area contributed by atoms with Crippen LogP contribution in [0.4, 0.5) is 0 Å². The smallest absolute Gasteiger partial charge is 0.364 e. The molecule has 0 radical (unpaired) electrons. The molecule has 0 bridgehead atoms. The number of amides is 3. The molecule has 3 aromatic rings. The molecule has 6 heterocycles. The number of carboxylic acids is 3. The molecule has 40 nitrogen and oxygen atoms in total. The fourth-order valence-electron chi connectivity index (χ4n) is 10.6. The van der Waals surface area contributed by atoms with Crippen molar-refractivity contribution in [2.75, 3.05) is 39.6 Å². The number of aromatic nitrogens is 9. The number of carbonyl (C=O) groups excluding carboxylic acids is 3. The van der Waals surface area contributed by atoms with Crippen LogP contribution in [-0.2, 0) is 96.5 Å². The first-order valence-corrected chi connectivity index (χ1v) is 28.8. The van der Waals surface area contributed by atoms with E-state index >= 15 is 0 Å². The van der Waals surface area contributed by atoms with Crippen molar-refractivity contribution in [1.29, 1.82) is 0 Å². The van der Waals surface area contributed by atoms with Crippen LogP contribution in [0, 0.1) is 0 Å². The van der Waals surface area contributed by atoms with Crippen molar-refractivity contribution in [1.82, 2.24) is 65.8 Å². The molecule has 3 aliphatic heterocycles. The van der Waals surface area contributed by atoms with Crippen LogP contribution in [0.3, 0.4) is 0 Å². The van der Waals surface area contributed by atoms with E-state index in [-0.39, 0.29) is 78.4 Å². The Hall–Kier alpha value is -6.52. The quantitative estimate of drug-likeness (QED) is 0.0240. The maximum atomic E-state index is 12.6. The van der Waals surface area contributed by atoms with Crippen LogP contribution in [0.1, 0.15) is 76.4 Å². The average molecular weight is 1310 g/mol. The highest BCUT2D eigenvalue weighted by Crippen LogP contribution is 2.37. The molecule has 3 aromatic heterocycles. The lowest BCUT2D eigenvalue weighted by molar-refractivity contribution is -0.311. The number of aliphatic hydroxyl groups excluding tert-OH is 12. The Morgan fingerprint density at radius 1 is 0.505 bits per heavy atom. The van der Waals surface area contributed by atoms with E-state index in [2.05, 4.69) is 46.9 Å². The van der Waals surface area contributed by atoms with Crippen LogP contribution in [0.25, 0.3) is 0 Å². The van der Waals surface area contributed by atoms with Crippen molar-refractivity contribution in [3.63, 3.8) is 0 Å². The average Bonchev–Trinajstić information content (AvgIpc) is 1.47. The predicted molar refractivity (Wildman–Crippen MR) is 292 cm³/mol. The maximum Gasteiger partial charge on any atom is 0.364 e. The van der Waals surface area contributed by atoms with Gasteiger partial charge in [0.05, 0.1) is 93.2 Å². The lowest BCUT2D eigenvalue weighted by Crippen LogP contribution is -2.67. The fourth-order valence-corrected chi connectivity index (χ4v) is 10.6. The number of nitrogens with zero attached hydrogens (tertiary/aromatic N) is 10. The molecule has 3 saturated heterocycles. The summed E-state index contributed by atoms with van der Waals surface area (Å²) in [6, 6.07) is -4.20. The van der Waals surface area contributed by atoms with Gasteiger partial charge in [0.2, 0.25) is 17.7 Å². The standard InChI is InChI=1S/C51H81N13O27/c1-25(68)52-37-31(71)13-49(46(80)81,89-43(37)40(77)34(74)22-65)86-10-4-7-62-19-28(55-58-62)16-61(17-29-20-63(59-56-29)8-5-11-87-50(47(82)83)14-32(72)38(53-26(2)69)44(90-50)41(78)35(75)23-66)18-30-21-64(60-57-30)9-6-12-88-51(48(84)85)15-33(73)39(54-27(3)70)45(91-51)42(79)36(76)24-67/h19-21,31-45,65-67,71-79H,4-18,22-24H2,1-3H3,(H,52,68)(H,53,69)(H,54,70)(H,80,81)(H,82,83)(H,84,85)/t31-,32-,33-,34+,35+,36+,37+,38+,39+,40+,41+,42+,43+,44+,45+,49+,50+,51+/m0/s1. The fraction of sp³-hybridized carbons (Fsp3) is 0.765. The molecule has 6 rings (SSSR count). The molecular formula is C51H81N13O27. The third-order valence-electron chi connectivity index (χ3n) is 15.1. The van der Waals surface area contributed by atoms with Crippen molar-refractivity contribution < 1.29 is 134 Å². The third kappa shape index (κ3) is 19.1.